The molecule has 0 aliphatic heterocycles. The van der Waals surface area contributed by atoms with Crippen molar-refractivity contribution in [2.24, 2.45) is 0 Å². The quantitative estimate of drug-likeness (QED) is 0.821. The van der Waals surface area contributed by atoms with E-state index in [0.717, 1.165) is 16.9 Å². The molecule has 128 valence electrons. The molecule has 0 saturated heterocycles. The van der Waals surface area contributed by atoms with Gasteiger partial charge in [-0.2, -0.15) is 0 Å². The average Bonchev–Trinajstić information content (AvgIpc) is 2.52. The van der Waals surface area contributed by atoms with E-state index in [1.165, 1.54) is 0 Å². The van der Waals surface area contributed by atoms with Gasteiger partial charge in [-0.25, -0.2) is 4.79 Å². The van der Waals surface area contributed by atoms with Gasteiger partial charge in [0.15, 0.2) is 0 Å². The van der Waals surface area contributed by atoms with E-state index >= 15 is 0 Å². The van der Waals surface area contributed by atoms with Gasteiger partial charge in [0.25, 0.3) is 0 Å². The lowest BCUT2D eigenvalue weighted by atomic mass is 9.83. The molecule has 24 heavy (non-hydrogen) atoms. The fourth-order valence-electron chi connectivity index (χ4n) is 2.45. The number of anilines is 1. The molecule has 0 radical (unpaired) electrons. The lowest BCUT2D eigenvalue weighted by molar-refractivity contribution is 0.251. The predicted octanol–water partition coefficient (Wildman–Crippen LogP) is 4.97. The SMILES string of the molecule is COc1ccc(CNC(=O)Nc2cccc(Cl)c2)c(C(C)(C)C)c1. The van der Waals surface area contributed by atoms with Crippen LogP contribution in [0, 0.1) is 0 Å². The van der Waals surface area contributed by atoms with Gasteiger partial charge in [0.05, 0.1) is 7.11 Å². The number of carbonyl (C=O) groups excluding carboxylic acids is 1. The van der Waals surface area contributed by atoms with Crippen LogP contribution in [0.2, 0.25) is 5.02 Å². The molecule has 0 fully saturated rings. The van der Waals surface area contributed by atoms with Gasteiger partial charge in [0.1, 0.15) is 5.75 Å². The second-order valence-corrected chi connectivity index (χ2v) is 7.03. The Hall–Kier alpha value is -2.20. The molecule has 0 aliphatic rings. The Bertz CT molecular complexity index is 724. The number of hydrogen-bond donors (Lipinski definition) is 2. The molecule has 0 unspecified atom stereocenters. The zero-order valence-electron chi connectivity index (χ0n) is 14.4. The lowest BCUT2D eigenvalue weighted by Gasteiger charge is -2.24. The van der Waals surface area contributed by atoms with Crippen molar-refractivity contribution in [1.29, 1.82) is 0 Å². The molecule has 0 spiro atoms. The second kappa shape index (κ2) is 7.58. The summed E-state index contributed by atoms with van der Waals surface area (Å²) in [6.45, 7) is 6.84. The van der Waals surface area contributed by atoms with E-state index in [0.29, 0.717) is 17.3 Å². The Morgan fingerprint density at radius 2 is 1.92 bits per heavy atom. The minimum atomic E-state index is -0.270. The van der Waals surface area contributed by atoms with Crippen LogP contribution < -0.4 is 15.4 Å². The van der Waals surface area contributed by atoms with E-state index < -0.39 is 0 Å². The lowest BCUT2D eigenvalue weighted by Crippen LogP contribution is -2.29. The molecule has 0 saturated carbocycles. The number of hydrogen-bond acceptors (Lipinski definition) is 2. The molecule has 0 bridgehead atoms. The first-order valence-corrected chi connectivity index (χ1v) is 8.15. The minimum Gasteiger partial charge on any atom is -0.497 e. The summed E-state index contributed by atoms with van der Waals surface area (Å²) in [4.78, 5) is 12.1. The highest BCUT2D eigenvalue weighted by Gasteiger charge is 2.19. The molecule has 0 aliphatic carbocycles. The Morgan fingerprint density at radius 3 is 2.54 bits per heavy atom. The zero-order valence-corrected chi connectivity index (χ0v) is 15.2. The molecular weight excluding hydrogens is 324 g/mol. The first-order chi connectivity index (χ1) is 11.3. The zero-order chi connectivity index (χ0) is 17.7. The molecule has 2 amide bonds. The van der Waals surface area contributed by atoms with Crippen molar-refractivity contribution >= 4 is 23.3 Å². The van der Waals surface area contributed by atoms with Crippen molar-refractivity contribution in [2.75, 3.05) is 12.4 Å². The van der Waals surface area contributed by atoms with Crippen molar-refractivity contribution in [2.45, 2.75) is 32.7 Å². The normalized spacial score (nSPS) is 11.0. The predicted molar refractivity (Wildman–Crippen MR) is 99.0 cm³/mol. The van der Waals surface area contributed by atoms with Gasteiger partial charge >= 0.3 is 6.03 Å². The standard InChI is InChI=1S/C19H23ClN2O2/c1-19(2,3)17-11-16(24-4)9-8-13(17)12-21-18(23)22-15-7-5-6-14(20)10-15/h5-11H,12H2,1-4H3,(H2,21,22,23). The first-order valence-electron chi connectivity index (χ1n) is 7.77. The highest BCUT2D eigenvalue weighted by Crippen LogP contribution is 2.29. The van der Waals surface area contributed by atoms with Gasteiger partial charge in [-0.1, -0.05) is 44.5 Å². The molecule has 0 heterocycles. The van der Waals surface area contributed by atoms with E-state index in [4.69, 9.17) is 16.3 Å². The van der Waals surface area contributed by atoms with Crippen molar-refractivity contribution in [3.8, 4) is 5.75 Å². The maximum Gasteiger partial charge on any atom is 0.319 e. The van der Waals surface area contributed by atoms with Gasteiger partial charge in [-0.3, -0.25) is 0 Å². The molecule has 2 N–H and O–H groups in total. The van der Waals surface area contributed by atoms with Gasteiger partial charge < -0.3 is 15.4 Å². The fourth-order valence-corrected chi connectivity index (χ4v) is 2.64. The molecular formula is C19H23ClN2O2. The molecule has 2 aromatic carbocycles. The summed E-state index contributed by atoms with van der Waals surface area (Å²) in [5.74, 6) is 0.812. The fraction of sp³-hybridized carbons (Fsp3) is 0.316. The maximum atomic E-state index is 12.1. The van der Waals surface area contributed by atoms with Gasteiger partial charge in [0, 0.05) is 17.3 Å². The molecule has 0 atom stereocenters. The summed E-state index contributed by atoms with van der Waals surface area (Å²) in [7, 11) is 1.65. The number of nitrogens with one attached hydrogen (secondary N) is 2. The molecule has 4 nitrogen and oxygen atoms in total. The summed E-state index contributed by atoms with van der Waals surface area (Å²) >= 11 is 5.92. The second-order valence-electron chi connectivity index (χ2n) is 6.59. The third-order valence-corrected chi connectivity index (χ3v) is 3.88. The van der Waals surface area contributed by atoms with Crippen LogP contribution in [0.3, 0.4) is 0 Å². The number of amides is 2. The summed E-state index contributed by atoms with van der Waals surface area (Å²) < 4.78 is 5.31. The van der Waals surface area contributed by atoms with Crippen LogP contribution in [0.4, 0.5) is 10.5 Å². The van der Waals surface area contributed by atoms with E-state index in [-0.39, 0.29) is 11.4 Å². The van der Waals surface area contributed by atoms with Gasteiger partial charge in [-0.15, -0.1) is 0 Å². The van der Waals surface area contributed by atoms with Crippen LogP contribution in [0.5, 0.6) is 5.75 Å². The molecule has 0 aromatic heterocycles. The van der Waals surface area contributed by atoms with Crippen LogP contribution in [0.15, 0.2) is 42.5 Å². The monoisotopic (exact) mass is 346 g/mol. The summed E-state index contributed by atoms with van der Waals surface area (Å²) in [5, 5.41) is 6.24. The largest absolute Gasteiger partial charge is 0.497 e. The Kier molecular flexibility index (Phi) is 5.73. The third kappa shape index (κ3) is 4.90. The van der Waals surface area contributed by atoms with E-state index in [2.05, 4.69) is 31.4 Å². The van der Waals surface area contributed by atoms with Crippen LogP contribution in [-0.2, 0) is 12.0 Å². The van der Waals surface area contributed by atoms with Gasteiger partial charge in [0.2, 0.25) is 0 Å². The van der Waals surface area contributed by atoms with Crippen molar-refractivity contribution in [1.82, 2.24) is 5.32 Å². The Morgan fingerprint density at radius 1 is 1.17 bits per heavy atom. The van der Waals surface area contributed by atoms with Crippen LogP contribution in [0.1, 0.15) is 31.9 Å². The maximum absolute atomic E-state index is 12.1. The number of ether oxygens (including phenoxy) is 1. The van der Waals surface area contributed by atoms with E-state index in [1.807, 2.05) is 18.2 Å². The number of methoxy groups -OCH3 is 1. The average molecular weight is 347 g/mol. The first kappa shape index (κ1) is 18.1. The van der Waals surface area contributed by atoms with Crippen molar-refractivity contribution < 1.29 is 9.53 Å². The molecule has 5 heteroatoms. The van der Waals surface area contributed by atoms with Crippen molar-refractivity contribution in [3.05, 3.63) is 58.6 Å². The van der Waals surface area contributed by atoms with Crippen LogP contribution in [0.25, 0.3) is 0 Å². The van der Waals surface area contributed by atoms with E-state index in [1.54, 1.807) is 31.4 Å². The minimum absolute atomic E-state index is 0.0466. The van der Waals surface area contributed by atoms with E-state index in [9.17, 15) is 4.79 Å². The Labute approximate surface area is 148 Å². The van der Waals surface area contributed by atoms with Crippen molar-refractivity contribution in [3.63, 3.8) is 0 Å². The van der Waals surface area contributed by atoms with Crippen LogP contribution in [-0.4, -0.2) is 13.1 Å². The summed E-state index contributed by atoms with van der Waals surface area (Å²) in [6.07, 6.45) is 0. The summed E-state index contributed by atoms with van der Waals surface area (Å²) in [6, 6.07) is 12.7. The number of urea groups is 1. The molecule has 2 aromatic rings. The Balaban J connectivity index is 2.07. The third-order valence-electron chi connectivity index (χ3n) is 3.65. The summed E-state index contributed by atoms with van der Waals surface area (Å²) in [5.41, 5.74) is 2.81. The topological polar surface area (TPSA) is 50.4 Å². The number of halogens is 1. The van der Waals surface area contributed by atoms with Crippen LogP contribution >= 0.6 is 11.6 Å². The number of benzene rings is 2. The highest BCUT2D eigenvalue weighted by molar-refractivity contribution is 6.30. The number of carbonyl (C=O) groups is 1. The van der Waals surface area contributed by atoms with Gasteiger partial charge in [-0.05, 0) is 46.9 Å². The number of rotatable bonds is 4. The highest BCUT2D eigenvalue weighted by atomic mass is 35.5. The smallest absolute Gasteiger partial charge is 0.319 e. The molecule has 2 rings (SSSR count).